The Kier molecular flexibility index (Phi) is 7.78. The molecule has 1 aliphatic heterocycles. The fourth-order valence-corrected chi connectivity index (χ4v) is 3.12. The minimum absolute atomic E-state index is 0.129. The highest BCUT2D eigenvalue weighted by molar-refractivity contribution is 9.10. The smallest absolute Gasteiger partial charge is 0.303 e. The molecule has 0 radical (unpaired) electrons. The molecule has 0 amide bonds. The van der Waals surface area contributed by atoms with Crippen LogP contribution in [0.1, 0.15) is 20.8 Å². The highest BCUT2D eigenvalue weighted by atomic mass is 79.9. The van der Waals surface area contributed by atoms with E-state index in [-0.39, 0.29) is 6.61 Å². The van der Waals surface area contributed by atoms with Crippen LogP contribution in [0.3, 0.4) is 0 Å². The summed E-state index contributed by atoms with van der Waals surface area (Å²) < 4.78 is 27.4. The Morgan fingerprint density at radius 1 is 1.00 bits per heavy atom. The summed E-state index contributed by atoms with van der Waals surface area (Å²) in [6.07, 6.45) is -6.41. The number of carbonyl (C=O) groups excluding carboxylic acids is 3. The fourth-order valence-electron chi connectivity index (χ4n) is 2.74. The molecule has 28 heavy (non-hydrogen) atoms. The molecule has 1 heterocycles. The molecule has 1 saturated heterocycles. The molecule has 1 aromatic carbocycles. The zero-order chi connectivity index (χ0) is 20.8. The van der Waals surface area contributed by atoms with Gasteiger partial charge in [0, 0.05) is 25.2 Å². The molecule has 0 aliphatic carbocycles. The first kappa shape index (κ1) is 22.1. The highest BCUT2D eigenvalue weighted by Crippen LogP contribution is 2.28. The molecule has 0 spiro atoms. The molecule has 1 N–H and O–H groups in total. The van der Waals surface area contributed by atoms with Crippen molar-refractivity contribution in [3.63, 3.8) is 0 Å². The van der Waals surface area contributed by atoms with Gasteiger partial charge >= 0.3 is 17.9 Å². The van der Waals surface area contributed by atoms with Gasteiger partial charge < -0.3 is 28.8 Å². The first-order valence-corrected chi connectivity index (χ1v) is 9.20. The van der Waals surface area contributed by atoms with Gasteiger partial charge in [-0.2, -0.15) is 0 Å². The molecule has 0 unspecified atom stereocenters. The first-order valence-electron chi connectivity index (χ1n) is 8.41. The van der Waals surface area contributed by atoms with Gasteiger partial charge in [0.15, 0.2) is 24.6 Å². The number of ether oxygens (including phenoxy) is 5. The van der Waals surface area contributed by atoms with Crippen molar-refractivity contribution in [1.82, 2.24) is 0 Å². The minimum atomic E-state index is -1.61. The largest absolute Gasteiger partial charge is 0.491 e. The Balaban J connectivity index is 2.25. The number of hydrogen-bond donors (Lipinski definition) is 1. The van der Waals surface area contributed by atoms with Gasteiger partial charge in [-0.15, -0.1) is 0 Å². The third-order valence-corrected chi connectivity index (χ3v) is 4.22. The third-order valence-electron chi connectivity index (χ3n) is 3.73. The van der Waals surface area contributed by atoms with Gasteiger partial charge in [0.05, 0.1) is 0 Å². The van der Waals surface area contributed by atoms with E-state index in [1.807, 2.05) is 6.07 Å². The van der Waals surface area contributed by atoms with Crippen LogP contribution in [0.2, 0.25) is 0 Å². The summed E-state index contributed by atoms with van der Waals surface area (Å²) in [6.45, 7) is 3.31. The monoisotopic (exact) mass is 460 g/mol. The molecular weight excluding hydrogens is 440 g/mol. The van der Waals surface area contributed by atoms with Crippen LogP contribution in [0.5, 0.6) is 5.75 Å². The number of esters is 3. The molecule has 1 fully saturated rings. The molecule has 154 valence electrons. The summed E-state index contributed by atoms with van der Waals surface area (Å²) in [5, 5.41) is 10.3. The van der Waals surface area contributed by atoms with Gasteiger partial charge in [0.25, 0.3) is 0 Å². The van der Waals surface area contributed by atoms with Gasteiger partial charge in [-0.3, -0.25) is 14.4 Å². The zero-order valence-electron chi connectivity index (χ0n) is 15.5. The lowest BCUT2D eigenvalue weighted by atomic mass is 9.98. The molecule has 10 heteroatoms. The quantitative estimate of drug-likeness (QED) is 0.495. The Hall–Kier alpha value is -2.17. The van der Waals surface area contributed by atoms with Crippen LogP contribution >= 0.6 is 15.9 Å². The second-order valence-corrected chi connectivity index (χ2v) is 6.97. The van der Waals surface area contributed by atoms with E-state index >= 15 is 0 Å². The number of carbonyl (C=O) groups is 3. The number of rotatable bonds is 6. The van der Waals surface area contributed by atoms with E-state index in [0.717, 1.165) is 18.3 Å². The van der Waals surface area contributed by atoms with Gasteiger partial charge in [0.1, 0.15) is 18.5 Å². The van der Waals surface area contributed by atoms with Crippen LogP contribution < -0.4 is 4.74 Å². The Morgan fingerprint density at radius 3 is 2.14 bits per heavy atom. The van der Waals surface area contributed by atoms with Gasteiger partial charge in [-0.1, -0.05) is 22.0 Å². The molecule has 0 bridgehead atoms. The van der Waals surface area contributed by atoms with E-state index in [1.54, 1.807) is 18.2 Å². The zero-order valence-corrected chi connectivity index (χ0v) is 17.1. The van der Waals surface area contributed by atoms with Crippen LogP contribution in [0.25, 0.3) is 0 Å². The van der Waals surface area contributed by atoms with Crippen molar-refractivity contribution in [3.8, 4) is 5.75 Å². The van der Waals surface area contributed by atoms with Crippen molar-refractivity contribution in [2.75, 3.05) is 6.61 Å². The molecular formula is C18H21BrO9. The van der Waals surface area contributed by atoms with Crippen molar-refractivity contribution < 1.29 is 43.2 Å². The molecule has 0 aromatic heterocycles. The Morgan fingerprint density at radius 2 is 1.57 bits per heavy atom. The van der Waals surface area contributed by atoms with Gasteiger partial charge in [-0.05, 0) is 18.2 Å². The van der Waals surface area contributed by atoms with E-state index in [2.05, 4.69) is 15.9 Å². The van der Waals surface area contributed by atoms with Crippen molar-refractivity contribution in [2.24, 2.45) is 0 Å². The predicted molar refractivity (Wildman–Crippen MR) is 97.2 cm³/mol. The SMILES string of the molecule is CC(=O)O[C@@H]1[C@@H](OC(C)=O)[C@H](O)O[C@H](COc2cccc(Br)c2)[C@H]1OC(C)=O. The van der Waals surface area contributed by atoms with Crippen molar-refractivity contribution >= 4 is 33.8 Å². The molecule has 5 atom stereocenters. The summed E-state index contributed by atoms with van der Waals surface area (Å²) in [5.41, 5.74) is 0. The number of halogens is 1. The van der Waals surface area contributed by atoms with Crippen LogP contribution in [0.15, 0.2) is 28.7 Å². The van der Waals surface area contributed by atoms with Crippen LogP contribution in [0.4, 0.5) is 0 Å². The fraction of sp³-hybridized carbons (Fsp3) is 0.500. The molecule has 0 saturated carbocycles. The van der Waals surface area contributed by atoms with Crippen LogP contribution in [-0.2, 0) is 33.3 Å². The number of aliphatic hydroxyl groups excluding tert-OH is 1. The Labute approximate surface area is 170 Å². The predicted octanol–water partition coefficient (Wildman–Crippen LogP) is 1.34. The summed E-state index contributed by atoms with van der Waals surface area (Å²) in [5.74, 6) is -1.60. The molecule has 2 rings (SSSR count). The van der Waals surface area contributed by atoms with Crippen molar-refractivity contribution in [2.45, 2.75) is 51.5 Å². The summed E-state index contributed by atoms with van der Waals surface area (Å²) in [4.78, 5) is 34.5. The van der Waals surface area contributed by atoms with Crippen molar-refractivity contribution in [1.29, 1.82) is 0 Å². The molecule has 1 aliphatic rings. The van der Waals surface area contributed by atoms with E-state index in [4.69, 9.17) is 23.7 Å². The first-order chi connectivity index (χ1) is 13.2. The maximum absolute atomic E-state index is 11.6. The topological polar surface area (TPSA) is 118 Å². The Bertz CT molecular complexity index is 723. The number of hydrogen-bond acceptors (Lipinski definition) is 9. The van der Waals surface area contributed by atoms with E-state index in [0.29, 0.717) is 5.75 Å². The standard InChI is InChI=1S/C18H21BrO9/c1-9(20)25-15-14(8-24-13-6-4-5-12(19)7-13)28-18(23)17(27-11(3)22)16(15)26-10(2)21/h4-7,14-18,23H,8H2,1-3H3/t14-,15-,16+,17-,18-/m1/s1. The minimum Gasteiger partial charge on any atom is -0.491 e. The van der Waals surface area contributed by atoms with Crippen molar-refractivity contribution in [3.05, 3.63) is 28.7 Å². The second-order valence-electron chi connectivity index (χ2n) is 6.06. The average Bonchev–Trinajstić information content (AvgIpc) is 2.58. The second kappa shape index (κ2) is 9.85. The normalized spacial score (nSPS) is 26.8. The molecule has 1 aromatic rings. The number of aliphatic hydroxyl groups is 1. The maximum atomic E-state index is 11.6. The van der Waals surface area contributed by atoms with Gasteiger partial charge in [-0.25, -0.2) is 0 Å². The van der Waals surface area contributed by atoms with Crippen LogP contribution in [-0.4, -0.2) is 60.3 Å². The lowest BCUT2D eigenvalue weighted by Gasteiger charge is -2.42. The van der Waals surface area contributed by atoms with E-state index < -0.39 is 48.6 Å². The molecule has 9 nitrogen and oxygen atoms in total. The lowest BCUT2D eigenvalue weighted by molar-refractivity contribution is -0.294. The van der Waals surface area contributed by atoms with Crippen LogP contribution in [0, 0.1) is 0 Å². The lowest BCUT2D eigenvalue weighted by Crippen LogP contribution is -2.62. The van der Waals surface area contributed by atoms with E-state index in [9.17, 15) is 19.5 Å². The summed E-state index contributed by atoms with van der Waals surface area (Å²) in [6, 6.07) is 7.00. The average molecular weight is 461 g/mol. The summed E-state index contributed by atoms with van der Waals surface area (Å²) in [7, 11) is 0. The van der Waals surface area contributed by atoms with E-state index in [1.165, 1.54) is 6.92 Å². The third kappa shape index (κ3) is 6.18. The summed E-state index contributed by atoms with van der Waals surface area (Å²) >= 11 is 3.32. The maximum Gasteiger partial charge on any atom is 0.303 e. The van der Waals surface area contributed by atoms with Gasteiger partial charge in [0.2, 0.25) is 0 Å². The number of benzene rings is 1. The highest BCUT2D eigenvalue weighted by Gasteiger charge is 2.51.